The minimum atomic E-state index is 0.118. The Balaban J connectivity index is 1.33. The lowest BCUT2D eigenvalue weighted by Gasteiger charge is -2.39. The zero-order chi connectivity index (χ0) is 12.6. The minimum absolute atomic E-state index is 0.118. The third-order valence-electron chi connectivity index (χ3n) is 5.35. The molecule has 2 bridgehead atoms. The molecule has 104 valence electrons. The Kier molecular flexibility index (Phi) is 3.65. The van der Waals surface area contributed by atoms with Crippen molar-refractivity contribution in [2.45, 2.75) is 38.2 Å². The first kappa shape index (κ1) is 12.9. The molecule has 2 aliphatic carbocycles. The van der Waals surface area contributed by atoms with Crippen molar-refractivity contribution in [2.75, 3.05) is 39.8 Å². The molecule has 0 aromatic heterocycles. The van der Waals surface area contributed by atoms with Gasteiger partial charge in [0, 0.05) is 26.2 Å². The van der Waals surface area contributed by atoms with E-state index < -0.39 is 0 Å². The lowest BCUT2D eigenvalue weighted by atomic mass is 9.88. The zero-order valence-corrected chi connectivity index (χ0v) is 12.0. The van der Waals surface area contributed by atoms with E-state index in [1.54, 1.807) is 0 Å². The maximum absolute atomic E-state index is 5.96. The van der Waals surface area contributed by atoms with Gasteiger partial charge in [-0.2, -0.15) is 0 Å². The Bertz CT molecular complexity index is 290. The third kappa shape index (κ3) is 2.73. The fourth-order valence-corrected chi connectivity index (χ4v) is 4.12. The standard InChI is InChI=1S/C15H28N2O/c1-15(10-16-11-15)18-6-5-17(2)9-14-8-12-3-4-13(14)7-12/h12-14,16H,3-11H2,1-2H3. The van der Waals surface area contributed by atoms with Gasteiger partial charge in [-0.1, -0.05) is 6.42 Å². The highest BCUT2D eigenvalue weighted by Gasteiger charge is 2.39. The van der Waals surface area contributed by atoms with E-state index in [4.69, 9.17) is 4.74 Å². The number of fused-ring (bicyclic) bond motifs is 2. The normalized spacial score (nSPS) is 37.2. The Hall–Kier alpha value is -0.120. The molecule has 0 aromatic rings. The molecule has 1 N–H and O–H groups in total. The summed E-state index contributed by atoms with van der Waals surface area (Å²) in [5, 5.41) is 3.28. The molecule has 3 atom stereocenters. The molecule has 3 heteroatoms. The molecule has 1 heterocycles. The summed E-state index contributed by atoms with van der Waals surface area (Å²) in [6.45, 7) is 7.50. The molecule has 18 heavy (non-hydrogen) atoms. The van der Waals surface area contributed by atoms with Gasteiger partial charge in [0.05, 0.1) is 12.2 Å². The average molecular weight is 252 g/mol. The number of hydrogen-bond donors (Lipinski definition) is 1. The lowest BCUT2D eigenvalue weighted by molar-refractivity contribution is -0.0716. The summed E-state index contributed by atoms with van der Waals surface area (Å²) in [7, 11) is 2.26. The second-order valence-electron chi connectivity index (χ2n) is 7.10. The summed E-state index contributed by atoms with van der Waals surface area (Å²) in [6.07, 6.45) is 6.04. The van der Waals surface area contributed by atoms with Crippen LogP contribution in [0.2, 0.25) is 0 Å². The summed E-state index contributed by atoms with van der Waals surface area (Å²) >= 11 is 0. The van der Waals surface area contributed by atoms with Gasteiger partial charge in [-0.05, 0) is 51.0 Å². The van der Waals surface area contributed by atoms with Gasteiger partial charge in [-0.3, -0.25) is 0 Å². The molecule has 0 radical (unpaired) electrons. The molecule has 3 aliphatic rings. The number of likely N-dealkylation sites (N-methyl/N-ethyl adjacent to an activating group) is 1. The van der Waals surface area contributed by atoms with Crippen LogP contribution in [0.15, 0.2) is 0 Å². The van der Waals surface area contributed by atoms with Crippen molar-refractivity contribution in [1.29, 1.82) is 0 Å². The Morgan fingerprint density at radius 2 is 2.11 bits per heavy atom. The first-order valence-electron chi connectivity index (χ1n) is 7.68. The number of ether oxygens (including phenoxy) is 1. The average Bonchev–Trinajstić information content (AvgIpc) is 2.88. The molecule has 0 aromatic carbocycles. The van der Waals surface area contributed by atoms with Crippen molar-refractivity contribution in [3.63, 3.8) is 0 Å². The monoisotopic (exact) mass is 252 g/mol. The van der Waals surface area contributed by atoms with Crippen molar-refractivity contribution < 1.29 is 4.74 Å². The van der Waals surface area contributed by atoms with E-state index in [0.717, 1.165) is 44.0 Å². The number of nitrogens with zero attached hydrogens (tertiary/aromatic N) is 1. The molecular weight excluding hydrogens is 224 g/mol. The molecule has 3 nitrogen and oxygen atoms in total. The minimum Gasteiger partial charge on any atom is -0.371 e. The van der Waals surface area contributed by atoms with Gasteiger partial charge >= 0.3 is 0 Å². The summed E-state index contributed by atoms with van der Waals surface area (Å²) < 4.78 is 5.96. The molecular formula is C15H28N2O. The van der Waals surface area contributed by atoms with Crippen molar-refractivity contribution in [3.05, 3.63) is 0 Å². The van der Waals surface area contributed by atoms with Crippen LogP contribution in [0, 0.1) is 17.8 Å². The van der Waals surface area contributed by atoms with Crippen LogP contribution in [-0.4, -0.2) is 50.3 Å². The van der Waals surface area contributed by atoms with Crippen molar-refractivity contribution in [3.8, 4) is 0 Å². The summed E-state index contributed by atoms with van der Waals surface area (Å²) in [6, 6.07) is 0. The Morgan fingerprint density at radius 3 is 2.67 bits per heavy atom. The molecule has 3 rings (SSSR count). The van der Waals surface area contributed by atoms with Gasteiger partial charge < -0.3 is 15.0 Å². The van der Waals surface area contributed by atoms with Crippen molar-refractivity contribution in [1.82, 2.24) is 10.2 Å². The number of hydrogen-bond acceptors (Lipinski definition) is 3. The second-order valence-corrected chi connectivity index (χ2v) is 7.10. The Labute approximate surface area is 111 Å². The maximum Gasteiger partial charge on any atom is 0.0902 e. The zero-order valence-electron chi connectivity index (χ0n) is 12.0. The highest BCUT2D eigenvalue weighted by Crippen LogP contribution is 2.48. The number of nitrogens with one attached hydrogen (secondary N) is 1. The summed E-state index contributed by atoms with van der Waals surface area (Å²) in [4.78, 5) is 2.49. The van der Waals surface area contributed by atoms with Crippen LogP contribution >= 0.6 is 0 Å². The predicted octanol–water partition coefficient (Wildman–Crippen LogP) is 1.73. The fraction of sp³-hybridized carbons (Fsp3) is 1.00. The molecule has 3 unspecified atom stereocenters. The highest BCUT2D eigenvalue weighted by molar-refractivity contribution is 4.91. The second kappa shape index (κ2) is 5.10. The SMILES string of the molecule is CN(CCOC1(C)CNC1)CC1CC2CCC1C2. The van der Waals surface area contributed by atoms with Crippen LogP contribution in [0.25, 0.3) is 0 Å². The molecule has 0 amide bonds. The quantitative estimate of drug-likeness (QED) is 0.779. The maximum atomic E-state index is 5.96. The van der Waals surface area contributed by atoms with E-state index in [-0.39, 0.29) is 5.60 Å². The van der Waals surface area contributed by atoms with Gasteiger partial charge in [0.1, 0.15) is 0 Å². The van der Waals surface area contributed by atoms with E-state index in [2.05, 4.69) is 24.2 Å². The molecule has 0 spiro atoms. The van der Waals surface area contributed by atoms with E-state index in [1.165, 1.54) is 32.2 Å². The van der Waals surface area contributed by atoms with Crippen LogP contribution in [0.4, 0.5) is 0 Å². The molecule has 3 fully saturated rings. The van der Waals surface area contributed by atoms with Crippen LogP contribution in [0.3, 0.4) is 0 Å². The first-order valence-corrected chi connectivity index (χ1v) is 7.68. The van der Waals surface area contributed by atoms with Gasteiger partial charge in [0.15, 0.2) is 0 Å². The van der Waals surface area contributed by atoms with E-state index in [9.17, 15) is 0 Å². The van der Waals surface area contributed by atoms with Gasteiger partial charge in [-0.15, -0.1) is 0 Å². The van der Waals surface area contributed by atoms with Gasteiger partial charge in [-0.25, -0.2) is 0 Å². The van der Waals surface area contributed by atoms with Crippen LogP contribution in [-0.2, 0) is 4.74 Å². The molecule has 2 saturated carbocycles. The lowest BCUT2D eigenvalue weighted by Crippen LogP contribution is -2.59. The van der Waals surface area contributed by atoms with Crippen LogP contribution in [0.1, 0.15) is 32.6 Å². The topological polar surface area (TPSA) is 24.5 Å². The fourth-order valence-electron chi connectivity index (χ4n) is 4.12. The van der Waals surface area contributed by atoms with Crippen LogP contribution in [0.5, 0.6) is 0 Å². The largest absolute Gasteiger partial charge is 0.371 e. The molecule has 1 aliphatic heterocycles. The van der Waals surface area contributed by atoms with Gasteiger partial charge in [0.2, 0.25) is 0 Å². The summed E-state index contributed by atoms with van der Waals surface area (Å²) in [5.41, 5.74) is 0.118. The highest BCUT2D eigenvalue weighted by atomic mass is 16.5. The molecule has 1 saturated heterocycles. The van der Waals surface area contributed by atoms with Gasteiger partial charge in [0.25, 0.3) is 0 Å². The summed E-state index contributed by atoms with van der Waals surface area (Å²) in [5.74, 6) is 3.10. The van der Waals surface area contributed by atoms with Crippen LogP contribution < -0.4 is 5.32 Å². The third-order valence-corrected chi connectivity index (χ3v) is 5.35. The van der Waals surface area contributed by atoms with E-state index >= 15 is 0 Å². The van der Waals surface area contributed by atoms with E-state index in [1.807, 2.05) is 0 Å². The Morgan fingerprint density at radius 1 is 1.28 bits per heavy atom. The smallest absolute Gasteiger partial charge is 0.0902 e. The van der Waals surface area contributed by atoms with Crippen molar-refractivity contribution >= 4 is 0 Å². The predicted molar refractivity (Wildman–Crippen MR) is 73.7 cm³/mol. The van der Waals surface area contributed by atoms with Crippen molar-refractivity contribution in [2.24, 2.45) is 17.8 Å². The first-order chi connectivity index (χ1) is 8.65. The van der Waals surface area contributed by atoms with E-state index in [0.29, 0.717) is 0 Å². The number of rotatable bonds is 6.